The van der Waals surface area contributed by atoms with Gasteiger partial charge in [0.1, 0.15) is 0 Å². The largest absolute Gasteiger partial charge is 1.00 e. The normalized spacial score (nSPS) is 12.2. The van der Waals surface area contributed by atoms with E-state index >= 15 is 0 Å². The molecular weight excluding hydrogens is 243 g/mol. The summed E-state index contributed by atoms with van der Waals surface area (Å²) >= 11 is 0. The van der Waals surface area contributed by atoms with E-state index in [4.69, 9.17) is 5.73 Å². The maximum Gasteiger partial charge on any atom is 0.0780 e. The first kappa shape index (κ1) is 21.5. The molecule has 0 spiro atoms. The summed E-state index contributed by atoms with van der Waals surface area (Å²) in [6, 6.07) is 0.202. The van der Waals surface area contributed by atoms with Gasteiger partial charge in [-0.25, -0.2) is 0 Å². The van der Waals surface area contributed by atoms with Crippen molar-refractivity contribution in [3.8, 4) is 0 Å². The van der Waals surface area contributed by atoms with Crippen molar-refractivity contribution in [3.05, 3.63) is 12.7 Å². The lowest BCUT2D eigenvalue weighted by Crippen LogP contribution is -3.00. The number of hydrogen-bond donors (Lipinski definition) is 1. The summed E-state index contributed by atoms with van der Waals surface area (Å²) in [5, 5.41) is 0. The third-order valence-corrected chi connectivity index (χ3v) is 2.42. The molecule has 0 rings (SSSR count). The van der Waals surface area contributed by atoms with E-state index in [0.29, 0.717) is 0 Å². The molecule has 0 bridgehead atoms. The third-order valence-electron chi connectivity index (χ3n) is 2.42. The molecule has 2 nitrogen and oxygen atoms in total. The van der Waals surface area contributed by atoms with Crippen LogP contribution in [-0.4, -0.2) is 38.2 Å². The van der Waals surface area contributed by atoms with Crippen LogP contribution in [0.4, 0.5) is 0 Å². The molecule has 2 N–H and O–H groups in total. The molecule has 0 fully saturated rings. The predicted molar refractivity (Wildman–Crippen MR) is 71.4 cm³/mol. The van der Waals surface area contributed by atoms with Gasteiger partial charge in [0.2, 0.25) is 0 Å². The second-order valence-corrected chi connectivity index (χ2v) is 5.12. The highest BCUT2D eigenvalue weighted by Crippen LogP contribution is 2.06. The smallest absolute Gasteiger partial charge is 0.0780 e. The zero-order valence-corrected chi connectivity index (χ0v) is 12.5. The molecule has 0 amide bonds. The van der Waals surface area contributed by atoms with Crippen molar-refractivity contribution >= 4 is 12.4 Å². The molecule has 16 heavy (non-hydrogen) atoms. The predicted octanol–water partition coefficient (Wildman–Crippen LogP) is -0.418. The first-order valence-corrected chi connectivity index (χ1v) is 5.64. The monoisotopic (exact) mass is 270 g/mol. The standard InChI is InChI=1S/C12H27N2.2ClH/c1-5-12(13)10-8-6-7-9-11-14(2,3)4;;/h5,12H,1,6-11,13H2,2-4H3;2*1H/q+1;;/p-1. The summed E-state index contributed by atoms with van der Waals surface area (Å²) in [6.45, 7) is 4.95. The van der Waals surface area contributed by atoms with Gasteiger partial charge in [0.25, 0.3) is 0 Å². The summed E-state index contributed by atoms with van der Waals surface area (Å²) in [5.41, 5.74) is 5.74. The van der Waals surface area contributed by atoms with E-state index in [1.165, 1.54) is 32.2 Å². The van der Waals surface area contributed by atoms with Crippen LogP contribution < -0.4 is 18.1 Å². The van der Waals surface area contributed by atoms with Crippen molar-refractivity contribution in [2.24, 2.45) is 5.73 Å². The average molecular weight is 271 g/mol. The SMILES string of the molecule is C=CC(N)CCCCCC[N+](C)(C)C.Cl.[Cl-]. The van der Waals surface area contributed by atoms with Crippen molar-refractivity contribution in [3.63, 3.8) is 0 Å². The Hall–Kier alpha value is 0.240. The van der Waals surface area contributed by atoms with Crippen LogP contribution in [0, 0.1) is 0 Å². The summed E-state index contributed by atoms with van der Waals surface area (Å²) in [5.74, 6) is 0. The summed E-state index contributed by atoms with van der Waals surface area (Å²) in [4.78, 5) is 0. The molecule has 0 saturated carbocycles. The molecule has 1 atom stereocenters. The lowest BCUT2D eigenvalue weighted by molar-refractivity contribution is -0.870. The second kappa shape index (κ2) is 11.7. The number of halogens is 2. The molecule has 100 valence electrons. The van der Waals surface area contributed by atoms with Gasteiger partial charge in [0.15, 0.2) is 0 Å². The quantitative estimate of drug-likeness (QED) is 0.362. The van der Waals surface area contributed by atoms with Gasteiger partial charge in [0.05, 0.1) is 27.7 Å². The Morgan fingerprint density at radius 1 is 1.12 bits per heavy atom. The maximum atomic E-state index is 5.74. The van der Waals surface area contributed by atoms with Crippen LogP contribution in [0.15, 0.2) is 12.7 Å². The van der Waals surface area contributed by atoms with Gasteiger partial charge < -0.3 is 22.6 Å². The third kappa shape index (κ3) is 16.7. The zero-order chi connectivity index (χ0) is 11.0. The fourth-order valence-corrected chi connectivity index (χ4v) is 1.44. The van der Waals surface area contributed by atoms with Crippen LogP contribution in [0.1, 0.15) is 32.1 Å². The topological polar surface area (TPSA) is 26.0 Å². The van der Waals surface area contributed by atoms with E-state index in [9.17, 15) is 0 Å². The molecule has 0 saturated heterocycles. The minimum atomic E-state index is 0. The van der Waals surface area contributed by atoms with Gasteiger partial charge in [0, 0.05) is 6.04 Å². The molecule has 0 aliphatic carbocycles. The van der Waals surface area contributed by atoms with Crippen LogP contribution in [0.5, 0.6) is 0 Å². The zero-order valence-electron chi connectivity index (χ0n) is 10.9. The van der Waals surface area contributed by atoms with E-state index in [2.05, 4.69) is 27.7 Å². The van der Waals surface area contributed by atoms with E-state index in [1.807, 2.05) is 6.08 Å². The van der Waals surface area contributed by atoms with E-state index < -0.39 is 0 Å². The van der Waals surface area contributed by atoms with E-state index in [-0.39, 0.29) is 30.9 Å². The Morgan fingerprint density at radius 2 is 1.62 bits per heavy atom. The minimum Gasteiger partial charge on any atom is -1.00 e. The first-order valence-electron chi connectivity index (χ1n) is 5.64. The number of nitrogens with two attached hydrogens (primary N) is 1. The van der Waals surface area contributed by atoms with Gasteiger partial charge in [-0.15, -0.1) is 19.0 Å². The molecule has 0 aromatic rings. The lowest BCUT2D eigenvalue weighted by Gasteiger charge is -2.23. The number of rotatable bonds is 8. The Bertz CT molecular complexity index is 156. The van der Waals surface area contributed by atoms with Crippen molar-refractivity contribution in [2.45, 2.75) is 38.1 Å². The Balaban J connectivity index is -0.000000845. The van der Waals surface area contributed by atoms with Gasteiger partial charge in [-0.2, -0.15) is 0 Å². The lowest BCUT2D eigenvalue weighted by atomic mass is 10.1. The summed E-state index contributed by atoms with van der Waals surface area (Å²) < 4.78 is 1.08. The Morgan fingerprint density at radius 3 is 2.06 bits per heavy atom. The highest BCUT2D eigenvalue weighted by molar-refractivity contribution is 5.85. The Kier molecular flexibility index (Phi) is 15.8. The molecule has 0 radical (unpaired) electrons. The van der Waals surface area contributed by atoms with Gasteiger partial charge in [-0.1, -0.05) is 18.9 Å². The molecule has 0 aliphatic heterocycles. The highest BCUT2D eigenvalue weighted by Gasteiger charge is 2.05. The number of nitrogens with zero attached hydrogens (tertiary/aromatic N) is 1. The molecule has 0 aromatic heterocycles. The van der Waals surface area contributed by atoms with Gasteiger partial charge in [-0.05, 0) is 19.3 Å². The number of hydrogen-bond acceptors (Lipinski definition) is 1. The molecule has 4 heteroatoms. The van der Waals surface area contributed by atoms with Crippen molar-refractivity contribution in [2.75, 3.05) is 27.7 Å². The van der Waals surface area contributed by atoms with Crippen molar-refractivity contribution in [1.29, 1.82) is 0 Å². The van der Waals surface area contributed by atoms with Crippen LogP contribution >= 0.6 is 12.4 Å². The first-order chi connectivity index (χ1) is 6.45. The molecule has 0 aliphatic rings. The molecular formula is C12H28Cl2N2. The highest BCUT2D eigenvalue weighted by atomic mass is 35.5. The fraction of sp³-hybridized carbons (Fsp3) is 0.833. The van der Waals surface area contributed by atoms with E-state index in [0.717, 1.165) is 10.9 Å². The van der Waals surface area contributed by atoms with Crippen LogP contribution in [0.3, 0.4) is 0 Å². The maximum absolute atomic E-state index is 5.74. The molecule has 0 aromatic carbocycles. The summed E-state index contributed by atoms with van der Waals surface area (Å²) in [6.07, 6.45) is 8.14. The average Bonchev–Trinajstić information content (AvgIpc) is 2.08. The molecule has 0 heterocycles. The summed E-state index contributed by atoms with van der Waals surface area (Å²) in [7, 11) is 6.73. The Labute approximate surface area is 114 Å². The van der Waals surface area contributed by atoms with Crippen LogP contribution in [0.2, 0.25) is 0 Å². The number of quaternary nitrogens is 1. The van der Waals surface area contributed by atoms with Crippen molar-refractivity contribution < 1.29 is 16.9 Å². The van der Waals surface area contributed by atoms with E-state index in [1.54, 1.807) is 0 Å². The van der Waals surface area contributed by atoms with Crippen molar-refractivity contribution in [1.82, 2.24) is 0 Å². The van der Waals surface area contributed by atoms with Gasteiger partial charge >= 0.3 is 0 Å². The minimum absolute atomic E-state index is 0. The fourth-order valence-electron chi connectivity index (χ4n) is 1.44. The molecule has 1 unspecified atom stereocenters. The van der Waals surface area contributed by atoms with Crippen LogP contribution in [0.25, 0.3) is 0 Å². The number of unbranched alkanes of at least 4 members (excludes halogenated alkanes) is 3. The van der Waals surface area contributed by atoms with Crippen LogP contribution in [-0.2, 0) is 0 Å². The second-order valence-electron chi connectivity index (χ2n) is 5.12. The van der Waals surface area contributed by atoms with Gasteiger partial charge in [-0.3, -0.25) is 0 Å².